The molecule has 17 heavy (non-hydrogen) atoms. The van der Waals surface area contributed by atoms with Gasteiger partial charge in [0.15, 0.2) is 5.78 Å². The number of fused-ring (bicyclic) bond motifs is 1. The number of hydrogen-bond donors (Lipinski definition) is 0. The Morgan fingerprint density at radius 1 is 1.53 bits per heavy atom. The largest absolute Gasteiger partial charge is 0.493 e. The quantitative estimate of drug-likeness (QED) is 0.810. The van der Waals surface area contributed by atoms with Gasteiger partial charge in [-0.1, -0.05) is 11.6 Å². The Balaban J connectivity index is 2.08. The van der Waals surface area contributed by atoms with Gasteiger partial charge in [-0.15, -0.1) is 0 Å². The molecule has 0 atom stereocenters. The molecule has 0 saturated carbocycles. The van der Waals surface area contributed by atoms with Gasteiger partial charge in [0.2, 0.25) is 0 Å². The van der Waals surface area contributed by atoms with Gasteiger partial charge < -0.3 is 9.47 Å². The summed E-state index contributed by atoms with van der Waals surface area (Å²) in [7, 11) is 1.53. The van der Waals surface area contributed by atoms with Crippen LogP contribution in [-0.4, -0.2) is 26.1 Å². The van der Waals surface area contributed by atoms with Gasteiger partial charge in [0.1, 0.15) is 12.4 Å². The minimum absolute atomic E-state index is 0.0965. The molecule has 1 aromatic carbocycles. The predicted octanol–water partition coefficient (Wildman–Crippen LogP) is 2.42. The van der Waals surface area contributed by atoms with E-state index in [9.17, 15) is 4.79 Å². The second kappa shape index (κ2) is 5.52. The van der Waals surface area contributed by atoms with E-state index in [0.717, 1.165) is 23.3 Å². The van der Waals surface area contributed by atoms with Crippen molar-refractivity contribution in [3.05, 3.63) is 28.3 Å². The van der Waals surface area contributed by atoms with Crippen LogP contribution in [0.2, 0.25) is 5.02 Å². The van der Waals surface area contributed by atoms with Crippen LogP contribution in [0.25, 0.3) is 0 Å². The molecule has 0 aliphatic carbocycles. The lowest BCUT2D eigenvalue weighted by Crippen LogP contribution is -2.07. The number of methoxy groups -OCH3 is 1. The van der Waals surface area contributed by atoms with E-state index in [-0.39, 0.29) is 12.4 Å². The summed E-state index contributed by atoms with van der Waals surface area (Å²) < 4.78 is 10.4. The smallest absolute Gasteiger partial charge is 0.158 e. The molecule has 92 valence electrons. The lowest BCUT2D eigenvalue weighted by Gasteiger charge is -2.08. The molecule has 0 N–H and O–H groups in total. The first-order valence-corrected chi connectivity index (χ1v) is 6.03. The second-order valence-electron chi connectivity index (χ2n) is 4.12. The standard InChI is InChI=1S/C13H15ClO3/c1-16-8-12(15)3-2-9-6-11(14)7-10-4-5-17-13(9)10/h6-7H,2-5,8H2,1H3. The predicted molar refractivity (Wildman–Crippen MR) is 65.9 cm³/mol. The zero-order chi connectivity index (χ0) is 12.3. The average Bonchev–Trinajstić information content (AvgIpc) is 2.74. The summed E-state index contributed by atoms with van der Waals surface area (Å²) in [6.07, 6.45) is 2.02. The molecule has 3 nitrogen and oxygen atoms in total. The maximum Gasteiger partial charge on any atom is 0.158 e. The molecule has 0 bridgehead atoms. The van der Waals surface area contributed by atoms with Crippen molar-refractivity contribution in [3.8, 4) is 5.75 Å². The molecular formula is C13H15ClO3. The maximum absolute atomic E-state index is 11.4. The Morgan fingerprint density at radius 3 is 3.12 bits per heavy atom. The van der Waals surface area contributed by atoms with Crippen LogP contribution in [0.5, 0.6) is 5.75 Å². The van der Waals surface area contributed by atoms with Crippen LogP contribution in [0, 0.1) is 0 Å². The Kier molecular flexibility index (Phi) is 4.02. The third kappa shape index (κ3) is 2.99. The number of rotatable bonds is 5. The number of Topliss-reactive ketones (excluding diaryl/α,β-unsaturated/α-hetero) is 1. The van der Waals surface area contributed by atoms with Gasteiger partial charge >= 0.3 is 0 Å². The number of hydrogen-bond acceptors (Lipinski definition) is 3. The van der Waals surface area contributed by atoms with Crippen molar-refractivity contribution in [2.75, 3.05) is 20.3 Å². The van der Waals surface area contributed by atoms with Crippen molar-refractivity contribution < 1.29 is 14.3 Å². The zero-order valence-corrected chi connectivity index (χ0v) is 10.5. The lowest BCUT2D eigenvalue weighted by atomic mass is 10.0. The number of benzene rings is 1. The topological polar surface area (TPSA) is 35.5 Å². The van der Waals surface area contributed by atoms with Crippen molar-refractivity contribution in [2.45, 2.75) is 19.3 Å². The fourth-order valence-electron chi connectivity index (χ4n) is 2.04. The number of carbonyl (C=O) groups is 1. The van der Waals surface area contributed by atoms with Gasteiger partial charge in [0.05, 0.1) is 6.61 Å². The van der Waals surface area contributed by atoms with Crippen LogP contribution in [0.4, 0.5) is 0 Å². The molecule has 0 spiro atoms. The van der Waals surface area contributed by atoms with Crippen LogP contribution in [0.1, 0.15) is 17.5 Å². The zero-order valence-electron chi connectivity index (χ0n) is 9.79. The summed E-state index contributed by atoms with van der Waals surface area (Å²) in [5.41, 5.74) is 2.17. The van der Waals surface area contributed by atoms with Gasteiger partial charge in [-0.2, -0.15) is 0 Å². The number of carbonyl (C=O) groups excluding carboxylic acids is 1. The van der Waals surface area contributed by atoms with Crippen LogP contribution < -0.4 is 4.74 Å². The van der Waals surface area contributed by atoms with Gasteiger partial charge in [-0.05, 0) is 29.7 Å². The van der Waals surface area contributed by atoms with Crippen LogP contribution in [0.3, 0.4) is 0 Å². The Morgan fingerprint density at radius 2 is 2.35 bits per heavy atom. The minimum Gasteiger partial charge on any atom is -0.493 e. The third-order valence-corrected chi connectivity index (χ3v) is 3.02. The molecule has 1 heterocycles. The second-order valence-corrected chi connectivity index (χ2v) is 4.56. The molecule has 1 aromatic rings. The van der Waals surface area contributed by atoms with Gasteiger partial charge in [-0.25, -0.2) is 0 Å². The Labute approximate surface area is 106 Å². The van der Waals surface area contributed by atoms with Crippen LogP contribution in [-0.2, 0) is 22.4 Å². The maximum atomic E-state index is 11.4. The summed E-state index contributed by atoms with van der Waals surface area (Å²) in [6, 6.07) is 3.82. The van der Waals surface area contributed by atoms with Crippen molar-refractivity contribution in [1.82, 2.24) is 0 Å². The molecule has 1 aliphatic heterocycles. The van der Waals surface area contributed by atoms with Crippen LogP contribution >= 0.6 is 11.6 Å². The van der Waals surface area contributed by atoms with Crippen molar-refractivity contribution in [1.29, 1.82) is 0 Å². The van der Waals surface area contributed by atoms with E-state index >= 15 is 0 Å². The van der Waals surface area contributed by atoms with Gasteiger partial charge in [0.25, 0.3) is 0 Å². The first-order valence-electron chi connectivity index (χ1n) is 5.65. The number of ketones is 1. The highest BCUT2D eigenvalue weighted by molar-refractivity contribution is 6.30. The summed E-state index contributed by atoms with van der Waals surface area (Å²) in [5, 5.41) is 0.712. The summed E-state index contributed by atoms with van der Waals surface area (Å²) in [4.78, 5) is 11.4. The molecule has 0 aromatic heterocycles. The monoisotopic (exact) mass is 254 g/mol. The molecule has 0 fully saturated rings. The number of ether oxygens (including phenoxy) is 2. The molecule has 0 saturated heterocycles. The van der Waals surface area contributed by atoms with E-state index in [1.54, 1.807) is 0 Å². The van der Waals surface area contributed by atoms with Crippen molar-refractivity contribution in [2.24, 2.45) is 0 Å². The normalized spacial score (nSPS) is 13.3. The third-order valence-electron chi connectivity index (χ3n) is 2.80. The summed E-state index contributed by atoms with van der Waals surface area (Å²) in [5.74, 6) is 1.01. The highest BCUT2D eigenvalue weighted by atomic mass is 35.5. The van der Waals surface area contributed by atoms with E-state index in [4.69, 9.17) is 21.1 Å². The summed E-state index contributed by atoms with van der Waals surface area (Å²) >= 11 is 6.04. The minimum atomic E-state index is 0.0965. The highest BCUT2D eigenvalue weighted by Crippen LogP contribution is 2.33. The van der Waals surface area contributed by atoms with Gasteiger partial charge in [0, 0.05) is 25.0 Å². The first kappa shape index (κ1) is 12.4. The Bertz CT molecular complexity index is 429. The average molecular weight is 255 g/mol. The summed E-state index contributed by atoms with van der Waals surface area (Å²) in [6.45, 7) is 0.873. The van der Waals surface area contributed by atoms with E-state index in [1.165, 1.54) is 7.11 Å². The first-order chi connectivity index (χ1) is 8.20. The molecule has 1 aliphatic rings. The molecule has 0 unspecified atom stereocenters. The van der Waals surface area contributed by atoms with Gasteiger partial charge in [-0.3, -0.25) is 4.79 Å². The molecular weight excluding hydrogens is 240 g/mol. The van der Waals surface area contributed by atoms with E-state index < -0.39 is 0 Å². The molecule has 2 rings (SSSR count). The Hall–Kier alpha value is -1.06. The van der Waals surface area contributed by atoms with Crippen LogP contribution in [0.15, 0.2) is 12.1 Å². The van der Waals surface area contributed by atoms with E-state index in [2.05, 4.69) is 0 Å². The number of halogens is 1. The van der Waals surface area contributed by atoms with E-state index in [0.29, 0.717) is 24.5 Å². The van der Waals surface area contributed by atoms with E-state index in [1.807, 2.05) is 12.1 Å². The molecule has 0 amide bonds. The fraction of sp³-hybridized carbons (Fsp3) is 0.462. The number of aryl methyl sites for hydroxylation is 1. The SMILES string of the molecule is COCC(=O)CCc1cc(Cl)cc2c1OCC2. The fourth-order valence-corrected chi connectivity index (χ4v) is 2.30. The molecule has 4 heteroatoms. The lowest BCUT2D eigenvalue weighted by molar-refractivity contribution is -0.122. The van der Waals surface area contributed by atoms with Crippen molar-refractivity contribution in [3.63, 3.8) is 0 Å². The highest BCUT2D eigenvalue weighted by Gasteiger charge is 2.17. The molecule has 0 radical (unpaired) electrons. The van der Waals surface area contributed by atoms with Crippen molar-refractivity contribution >= 4 is 17.4 Å².